The number of benzene rings is 1. The van der Waals surface area contributed by atoms with Gasteiger partial charge in [0.15, 0.2) is 11.7 Å². The fraction of sp³-hybridized carbons (Fsp3) is 0.409. The third kappa shape index (κ3) is 7.43. The first kappa shape index (κ1) is 25.5. The first-order chi connectivity index (χ1) is 15.1. The second-order valence-corrected chi connectivity index (χ2v) is 7.16. The molecule has 0 bridgehead atoms. The van der Waals surface area contributed by atoms with Gasteiger partial charge < -0.3 is 30.0 Å². The molecule has 1 fully saturated rings. The number of guanidine groups is 1. The largest absolute Gasteiger partial charge is 0.459 e. The highest BCUT2D eigenvalue weighted by Gasteiger charge is 2.24. The number of hydrogen-bond acceptors (Lipinski definition) is 5. The van der Waals surface area contributed by atoms with Crippen molar-refractivity contribution < 1.29 is 18.7 Å². The van der Waals surface area contributed by atoms with Gasteiger partial charge in [-0.15, -0.1) is 24.0 Å². The first-order valence-corrected chi connectivity index (χ1v) is 10.4. The molecule has 2 amide bonds. The smallest absolute Gasteiger partial charge is 0.409 e. The lowest BCUT2D eigenvalue weighted by atomic mass is 10.1. The SMILES string of the molecule is CCOC(=O)N1CCC(NC(=NC)NCc2ccc(NC(=O)c3ccco3)cc2)CC1.I. The second kappa shape index (κ2) is 12.9. The summed E-state index contributed by atoms with van der Waals surface area (Å²) in [6.07, 6.45) is 2.90. The van der Waals surface area contributed by atoms with Crippen LogP contribution < -0.4 is 16.0 Å². The topological polar surface area (TPSA) is 108 Å². The molecular formula is C22H30IN5O4. The molecule has 1 aliphatic rings. The van der Waals surface area contributed by atoms with E-state index >= 15 is 0 Å². The van der Waals surface area contributed by atoms with Gasteiger partial charge in [0, 0.05) is 38.4 Å². The lowest BCUT2D eigenvalue weighted by molar-refractivity contribution is 0.0961. The maximum Gasteiger partial charge on any atom is 0.409 e. The van der Waals surface area contributed by atoms with Crippen molar-refractivity contribution in [1.82, 2.24) is 15.5 Å². The third-order valence-electron chi connectivity index (χ3n) is 5.00. The molecule has 3 rings (SSSR count). The number of amides is 2. The molecule has 1 aromatic carbocycles. The van der Waals surface area contributed by atoms with E-state index < -0.39 is 0 Å². The number of carbonyl (C=O) groups is 2. The van der Waals surface area contributed by atoms with Gasteiger partial charge in [0.2, 0.25) is 0 Å². The highest BCUT2D eigenvalue weighted by atomic mass is 127. The Kier molecular flexibility index (Phi) is 10.3. The molecule has 10 heteroatoms. The van der Waals surface area contributed by atoms with Gasteiger partial charge in [-0.3, -0.25) is 9.79 Å². The van der Waals surface area contributed by atoms with Crippen LogP contribution >= 0.6 is 24.0 Å². The Labute approximate surface area is 205 Å². The highest BCUT2D eigenvalue weighted by molar-refractivity contribution is 14.0. The summed E-state index contributed by atoms with van der Waals surface area (Å²) in [5, 5.41) is 9.51. The number of likely N-dealkylation sites (tertiary alicyclic amines) is 1. The van der Waals surface area contributed by atoms with Crippen LogP contribution in [0.3, 0.4) is 0 Å². The summed E-state index contributed by atoms with van der Waals surface area (Å²) in [5.74, 6) is 0.702. The minimum atomic E-state index is -0.283. The molecule has 0 atom stereocenters. The molecule has 0 aliphatic carbocycles. The number of nitrogens with one attached hydrogen (secondary N) is 3. The Morgan fingerprint density at radius 1 is 1.19 bits per heavy atom. The average molecular weight is 555 g/mol. The summed E-state index contributed by atoms with van der Waals surface area (Å²) in [6, 6.07) is 11.1. The van der Waals surface area contributed by atoms with Crippen LogP contribution in [-0.2, 0) is 11.3 Å². The number of ether oxygens (including phenoxy) is 1. The second-order valence-electron chi connectivity index (χ2n) is 7.16. The number of rotatable bonds is 6. The Hall–Kier alpha value is -2.76. The van der Waals surface area contributed by atoms with E-state index in [0.29, 0.717) is 37.9 Å². The quantitative estimate of drug-likeness (QED) is 0.287. The molecule has 0 radical (unpaired) electrons. The van der Waals surface area contributed by atoms with Gasteiger partial charge in [-0.25, -0.2) is 4.79 Å². The van der Waals surface area contributed by atoms with Gasteiger partial charge >= 0.3 is 6.09 Å². The van der Waals surface area contributed by atoms with Gasteiger partial charge in [0.25, 0.3) is 5.91 Å². The summed E-state index contributed by atoms with van der Waals surface area (Å²) in [6.45, 7) is 4.13. The molecule has 9 nitrogen and oxygen atoms in total. The average Bonchev–Trinajstić information content (AvgIpc) is 3.33. The van der Waals surface area contributed by atoms with E-state index in [2.05, 4.69) is 20.9 Å². The number of nitrogens with zero attached hydrogens (tertiary/aromatic N) is 2. The molecule has 2 heterocycles. The lowest BCUT2D eigenvalue weighted by Crippen LogP contribution is -2.49. The summed E-state index contributed by atoms with van der Waals surface area (Å²) in [7, 11) is 1.73. The molecular weight excluding hydrogens is 525 g/mol. The number of furan rings is 1. The van der Waals surface area contributed by atoms with Crippen molar-refractivity contribution in [1.29, 1.82) is 0 Å². The van der Waals surface area contributed by atoms with E-state index in [1.165, 1.54) is 6.26 Å². The van der Waals surface area contributed by atoms with Crippen molar-refractivity contribution in [3.8, 4) is 0 Å². The summed E-state index contributed by atoms with van der Waals surface area (Å²) < 4.78 is 10.1. The highest BCUT2D eigenvalue weighted by Crippen LogP contribution is 2.13. The van der Waals surface area contributed by atoms with Crippen molar-refractivity contribution >= 4 is 47.6 Å². The Bertz CT molecular complexity index is 878. The maximum absolute atomic E-state index is 12.0. The van der Waals surface area contributed by atoms with Crippen LogP contribution in [0.1, 0.15) is 35.9 Å². The van der Waals surface area contributed by atoms with E-state index in [4.69, 9.17) is 9.15 Å². The molecule has 1 aliphatic heterocycles. The minimum Gasteiger partial charge on any atom is -0.459 e. The lowest BCUT2D eigenvalue weighted by Gasteiger charge is -2.32. The molecule has 2 aromatic rings. The molecule has 32 heavy (non-hydrogen) atoms. The fourth-order valence-electron chi connectivity index (χ4n) is 3.30. The minimum absolute atomic E-state index is 0. The monoisotopic (exact) mass is 555 g/mol. The van der Waals surface area contributed by atoms with Crippen LogP contribution in [0.15, 0.2) is 52.1 Å². The standard InChI is InChI=1S/C22H29N5O4.HI/c1-3-30-22(29)27-12-10-18(11-13-27)26-21(23-2)24-15-16-6-8-17(9-7-16)25-20(28)19-5-4-14-31-19;/h4-9,14,18H,3,10-13,15H2,1-2H3,(H,25,28)(H2,23,24,26);1H. The zero-order valence-corrected chi connectivity index (χ0v) is 20.6. The van der Waals surface area contributed by atoms with Gasteiger partial charge in [0.1, 0.15) is 0 Å². The number of carbonyl (C=O) groups excluding carboxylic acids is 2. The van der Waals surface area contributed by atoms with Crippen LogP contribution in [0.4, 0.5) is 10.5 Å². The van der Waals surface area contributed by atoms with Crippen LogP contribution in [0.25, 0.3) is 0 Å². The van der Waals surface area contributed by atoms with Crippen LogP contribution in [0.2, 0.25) is 0 Å². The third-order valence-corrected chi connectivity index (χ3v) is 5.00. The Morgan fingerprint density at radius 2 is 1.91 bits per heavy atom. The van der Waals surface area contributed by atoms with Crippen molar-refractivity contribution in [3.05, 3.63) is 54.0 Å². The molecule has 174 valence electrons. The van der Waals surface area contributed by atoms with Gasteiger partial charge in [0.05, 0.1) is 12.9 Å². The summed E-state index contributed by atoms with van der Waals surface area (Å²) >= 11 is 0. The van der Waals surface area contributed by atoms with Crippen LogP contribution in [-0.4, -0.2) is 55.6 Å². The van der Waals surface area contributed by atoms with Crippen LogP contribution in [0, 0.1) is 0 Å². The van der Waals surface area contributed by atoms with Gasteiger partial charge in [-0.05, 0) is 49.6 Å². The molecule has 0 spiro atoms. The predicted octanol–water partition coefficient (Wildman–Crippen LogP) is 3.44. The van der Waals surface area contributed by atoms with Crippen molar-refractivity contribution in [3.63, 3.8) is 0 Å². The number of piperidine rings is 1. The predicted molar refractivity (Wildman–Crippen MR) is 133 cm³/mol. The fourth-order valence-corrected chi connectivity index (χ4v) is 3.30. The summed E-state index contributed by atoms with van der Waals surface area (Å²) in [4.78, 5) is 29.9. The van der Waals surface area contributed by atoms with E-state index in [1.807, 2.05) is 31.2 Å². The van der Waals surface area contributed by atoms with Crippen molar-refractivity contribution in [2.75, 3.05) is 32.1 Å². The van der Waals surface area contributed by atoms with Crippen molar-refractivity contribution in [2.24, 2.45) is 4.99 Å². The molecule has 1 saturated heterocycles. The van der Waals surface area contributed by atoms with Gasteiger partial charge in [-0.1, -0.05) is 12.1 Å². The number of aliphatic imine (C=N–C) groups is 1. The Morgan fingerprint density at radius 3 is 2.50 bits per heavy atom. The van der Waals surface area contributed by atoms with E-state index in [1.54, 1.807) is 24.1 Å². The zero-order valence-electron chi connectivity index (χ0n) is 18.3. The maximum atomic E-state index is 12.0. The Balaban J connectivity index is 0.00000363. The van der Waals surface area contributed by atoms with Crippen LogP contribution in [0.5, 0.6) is 0 Å². The molecule has 1 aromatic heterocycles. The normalized spacial score (nSPS) is 14.3. The van der Waals surface area contributed by atoms with Gasteiger partial charge in [-0.2, -0.15) is 0 Å². The van der Waals surface area contributed by atoms with Crippen molar-refractivity contribution in [2.45, 2.75) is 32.4 Å². The molecule has 0 saturated carbocycles. The molecule has 0 unspecified atom stereocenters. The molecule has 3 N–H and O–H groups in total. The van der Waals surface area contributed by atoms with E-state index in [0.717, 1.165) is 18.4 Å². The number of halogens is 1. The number of anilines is 1. The van der Waals surface area contributed by atoms with E-state index in [9.17, 15) is 9.59 Å². The first-order valence-electron chi connectivity index (χ1n) is 10.4. The summed E-state index contributed by atoms with van der Waals surface area (Å²) in [5.41, 5.74) is 1.75. The van der Waals surface area contributed by atoms with E-state index in [-0.39, 0.29) is 47.8 Å². The zero-order chi connectivity index (χ0) is 22.1. The number of hydrogen-bond donors (Lipinski definition) is 3.